The molecule has 0 unspecified atom stereocenters. The molecule has 0 aliphatic carbocycles. The van der Waals surface area contributed by atoms with E-state index in [2.05, 4.69) is 20.6 Å². The van der Waals surface area contributed by atoms with Crippen LogP contribution in [0, 0.1) is 0 Å². The summed E-state index contributed by atoms with van der Waals surface area (Å²) in [5.41, 5.74) is 2.37. The largest absolute Gasteiger partial charge is 0.348 e. The van der Waals surface area contributed by atoms with E-state index in [4.69, 9.17) is 0 Å². The van der Waals surface area contributed by atoms with Crippen molar-refractivity contribution in [3.05, 3.63) is 66.2 Å². The second-order valence-corrected chi connectivity index (χ2v) is 4.30. The number of aromatic nitrogens is 4. The number of carbonyl (C=O) groups is 1. The first kappa shape index (κ1) is 12.2. The van der Waals surface area contributed by atoms with Gasteiger partial charge >= 0.3 is 0 Å². The van der Waals surface area contributed by atoms with Crippen LogP contribution in [0.25, 0.3) is 5.69 Å². The Balaban J connectivity index is 1.69. The molecular weight excluding hydrogens is 254 g/mol. The molecule has 0 saturated carbocycles. The molecule has 3 rings (SSSR count). The summed E-state index contributed by atoms with van der Waals surface area (Å²) in [6.07, 6.45) is 6.68. The molecule has 0 bridgehead atoms. The molecule has 0 radical (unpaired) electrons. The van der Waals surface area contributed by atoms with Crippen LogP contribution in [-0.2, 0) is 6.54 Å². The molecule has 0 atom stereocenters. The number of nitrogens with zero attached hydrogens (tertiary/aromatic N) is 3. The summed E-state index contributed by atoms with van der Waals surface area (Å²) in [5, 5.41) is 13.5. The van der Waals surface area contributed by atoms with Crippen LogP contribution < -0.4 is 5.32 Å². The van der Waals surface area contributed by atoms with Crippen molar-refractivity contribution < 1.29 is 4.79 Å². The number of H-pyrrole nitrogens is 1. The zero-order valence-electron chi connectivity index (χ0n) is 10.7. The Morgan fingerprint density at radius 2 is 2.10 bits per heavy atom. The van der Waals surface area contributed by atoms with Crippen LogP contribution >= 0.6 is 0 Å². The van der Waals surface area contributed by atoms with E-state index >= 15 is 0 Å². The molecule has 0 spiro atoms. The number of benzene rings is 1. The lowest BCUT2D eigenvalue weighted by Crippen LogP contribution is -2.22. The minimum Gasteiger partial charge on any atom is -0.348 e. The maximum Gasteiger partial charge on any atom is 0.254 e. The van der Waals surface area contributed by atoms with Gasteiger partial charge in [0.15, 0.2) is 0 Å². The third-order valence-electron chi connectivity index (χ3n) is 2.87. The number of amides is 1. The Labute approximate surface area is 115 Å². The molecular formula is C14H13N5O. The number of rotatable bonds is 4. The summed E-state index contributed by atoms with van der Waals surface area (Å²) >= 11 is 0. The fourth-order valence-corrected chi connectivity index (χ4v) is 1.82. The standard InChI is InChI=1S/C14H13N5O/c20-14(15-6-11-7-16-17-8-11)12-9-18-19(10-12)13-4-2-1-3-5-13/h1-5,7-10H,6H2,(H,15,20)(H,16,17). The van der Waals surface area contributed by atoms with Gasteiger partial charge in [0.05, 0.1) is 23.6 Å². The molecule has 6 heteroatoms. The second-order valence-electron chi connectivity index (χ2n) is 4.30. The van der Waals surface area contributed by atoms with Crippen molar-refractivity contribution in [3.63, 3.8) is 0 Å². The molecule has 0 fully saturated rings. The number of hydrogen-bond acceptors (Lipinski definition) is 3. The summed E-state index contributed by atoms with van der Waals surface area (Å²) in [4.78, 5) is 12.0. The Bertz CT molecular complexity index is 687. The highest BCUT2D eigenvalue weighted by Gasteiger charge is 2.09. The Hall–Kier alpha value is -2.89. The predicted molar refractivity (Wildman–Crippen MR) is 73.3 cm³/mol. The first-order valence-corrected chi connectivity index (χ1v) is 6.19. The number of nitrogens with one attached hydrogen (secondary N) is 2. The lowest BCUT2D eigenvalue weighted by atomic mass is 10.3. The van der Waals surface area contributed by atoms with Gasteiger partial charge in [0.2, 0.25) is 0 Å². The van der Waals surface area contributed by atoms with E-state index in [0.717, 1.165) is 11.3 Å². The van der Waals surface area contributed by atoms with Gasteiger partial charge in [0, 0.05) is 24.5 Å². The average molecular weight is 267 g/mol. The van der Waals surface area contributed by atoms with Crippen molar-refractivity contribution in [3.8, 4) is 5.69 Å². The monoisotopic (exact) mass is 267 g/mol. The number of hydrogen-bond donors (Lipinski definition) is 2. The summed E-state index contributed by atoms with van der Waals surface area (Å²) < 4.78 is 1.67. The van der Waals surface area contributed by atoms with Gasteiger partial charge in [-0.3, -0.25) is 9.89 Å². The van der Waals surface area contributed by atoms with Crippen LogP contribution in [0.5, 0.6) is 0 Å². The minimum absolute atomic E-state index is 0.159. The fourth-order valence-electron chi connectivity index (χ4n) is 1.82. The molecule has 20 heavy (non-hydrogen) atoms. The van der Waals surface area contributed by atoms with E-state index < -0.39 is 0 Å². The first-order chi connectivity index (χ1) is 9.83. The van der Waals surface area contributed by atoms with Crippen molar-refractivity contribution >= 4 is 5.91 Å². The number of carbonyl (C=O) groups excluding carboxylic acids is 1. The molecule has 0 aliphatic rings. The van der Waals surface area contributed by atoms with E-state index in [0.29, 0.717) is 12.1 Å². The normalized spacial score (nSPS) is 10.4. The van der Waals surface area contributed by atoms with Crippen molar-refractivity contribution in [2.75, 3.05) is 0 Å². The third-order valence-corrected chi connectivity index (χ3v) is 2.87. The smallest absolute Gasteiger partial charge is 0.254 e. The maximum atomic E-state index is 12.0. The van der Waals surface area contributed by atoms with E-state index in [-0.39, 0.29) is 5.91 Å². The van der Waals surface area contributed by atoms with E-state index in [1.54, 1.807) is 29.5 Å². The molecule has 100 valence electrons. The molecule has 2 N–H and O–H groups in total. The number of aromatic amines is 1. The van der Waals surface area contributed by atoms with Crippen molar-refractivity contribution in [1.82, 2.24) is 25.3 Å². The van der Waals surface area contributed by atoms with Gasteiger partial charge in [-0.2, -0.15) is 10.2 Å². The molecule has 3 aromatic rings. The van der Waals surface area contributed by atoms with Crippen molar-refractivity contribution in [1.29, 1.82) is 0 Å². The topological polar surface area (TPSA) is 75.6 Å². The maximum absolute atomic E-state index is 12.0. The van der Waals surface area contributed by atoms with Gasteiger partial charge < -0.3 is 5.32 Å². The quantitative estimate of drug-likeness (QED) is 0.752. The predicted octanol–water partition coefficient (Wildman–Crippen LogP) is 1.53. The summed E-state index contributed by atoms with van der Waals surface area (Å²) in [5.74, 6) is -0.159. The SMILES string of the molecule is O=C(NCc1cn[nH]c1)c1cnn(-c2ccccc2)c1. The summed E-state index contributed by atoms with van der Waals surface area (Å²) in [6.45, 7) is 0.436. The molecule has 2 heterocycles. The van der Waals surface area contributed by atoms with Gasteiger partial charge in [-0.15, -0.1) is 0 Å². The van der Waals surface area contributed by atoms with E-state index in [1.807, 2.05) is 30.3 Å². The number of para-hydroxylation sites is 1. The lowest BCUT2D eigenvalue weighted by molar-refractivity contribution is 0.0951. The van der Waals surface area contributed by atoms with Crippen LogP contribution in [-0.4, -0.2) is 25.9 Å². The molecule has 6 nitrogen and oxygen atoms in total. The van der Waals surface area contributed by atoms with E-state index in [1.165, 1.54) is 0 Å². The van der Waals surface area contributed by atoms with Crippen LogP contribution in [0.3, 0.4) is 0 Å². The highest BCUT2D eigenvalue weighted by atomic mass is 16.1. The van der Waals surface area contributed by atoms with Gasteiger partial charge in [-0.1, -0.05) is 18.2 Å². The molecule has 1 aromatic carbocycles. The van der Waals surface area contributed by atoms with Crippen LogP contribution in [0.1, 0.15) is 15.9 Å². The van der Waals surface area contributed by atoms with Gasteiger partial charge in [0.1, 0.15) is 0 Å². The van der Waals surface area contributed by atoms with Crippen molar-refractivity contribution in [2.45, 2.75) is 6.54 Å². The molecule has 1 amide bonds. The highest BCUT2D eigenvalue weighted by Crippen LogP contribution is 2.07. The van der Waals surface area contributed by atoms with Crippen LogP contribution in [0.2, 0.25) is 0 Å². The minimum atomic E-state index is -0.159. The summed E-state index contributed by atoms with van der Waals surface area (Å²) in [7, 11) is 0. The Kier molecular flexibility index (Phi) is 3.28. The highest BCUT2D eigenvalue weighted by molar-refractivity contribution is 5.93. The van der Waals surface area contributed by atoms with Crippen LogP contribution in [0.15, 0.2) is 55.1 Å². The van der Waals surface area contributed by atoms with Crippen LogP contribution in [0.4, 0.5) is 0 Å². The second kappa shape index (κ2) is 5.40. The average Bonchev–Trinajstić information content (AvgIpc) is 3.17. The van der Waals surface area contributed by atoms with Gasteiger partial charge in [0.25, 0.3) is 5.91 Å². The fraction of sp³-hybridized carbons (Fsp3) is 0.0714. The third kappa shape index (κ3) is 2.59. The van der Waals surface area contributed by atoms with E-state index in [9.17, 15) is 4.79 Å². The molecule has 2 aromatic heterocycles. The molecule has 0 aliphatic heterocycles. The Morgan fingerprint density at radius 1 is 1.25 bits per heavy atom. The first-order valence-electron chi connectivity index (χ1n) is 6.19. The zero-order valence-corrected chi connectivity index (χ0v) is 10.7. The summed E-state index contributed by atoms with van der Waals surface area (Å²) in [6, 6.07) is 9.65. The zero-order chi connectivity index (χ0) is 13.8. The Morgan fingerprint density at radius 3 is 2.85 bits per heavy atom. The molecule has 0 saturated heterocycles. The van der Waals surface area contributed by atoms with Gasteiger partial charge in [-0.05, 0) is 12.1 Å². The van der Waals surface area contributed by atoms with Crippen molar-refractivity contribution in [2.24, 2.45) is 0 Å². The van der Waals surface area contributed by atoms with Gasteiger partial charge in [-0.25, -0.2) is 4.68 Å². The lowest BCUT2D eigenvalue weighted by Gasteiger charge is -2.01.